The van der Waals surface area contributed by atoms with Crippen molar-refractivity contribution >= 4 is 16.7 Å². The first-order valence-electron chi connectivity index (χ1n) is 12.6. The normalized spacial score (nSPS) is 19.4. The molecule has 1 aliphatic carbocycles. The number of nitrogens with one attached hydrogen (secondary N) is 3. The highest BCUT2D eigenvalue weighted by Gasteiger charge is 2.24. The summed E-state index contributed by atoms with van der Waals surface area (Å²) < 4.78 is 11.6. The van der Waals surface area contributed by atoms with Crippen molar-refractivity contribution in [3.05, 3.63) is 54.0 Å². The summed E-state index contributed by atoms with van der Waals surface area (Å²) in [6.07, 6.45) is 14.1. The zero-order chi connectivity index (χ0) is 23.6. The smallest absolute Gasteiger partial charge is 0.137 e. The Hall–Kier alpha value is -3.54. The van der Waals surface area contributed by atoms with E-state index in [2.05, 4.69) is 44.3 Å². The number of hydrogen-bond donors (Lipinski definition) is 3. The number of nitriles is 1. The van der Waals surface area contributed by atoms with Crippen LogP contribution in [-0.4, -0.2) is 40.3 Å². The van der Waals surface area contributed by atoms with Crippen molar-refractivity contribution in [1.82, 2.24) is 25.9 Å². The number of aromatic nitrogens is 2. The molecule has 0 radical (unpaired) electrons. The Labute approximate surface area is 204 Å². The molecule has 2 fully saturated rings. The Bertz CT molecular complexity index is 1280. The summed E-state index contributed by atoms with van der Waals surface area (Å²) in [6.45, 7) is 1.41. The van der Waals surface area contributed by atoms with Gasteiger partial charge in [-0.1, -0.05) is 25.3 Å². The van der Waals surface area contributed by atoms with Crippen LogP contribution in [-0.2, 0) is 4.74 Å². The Morgan fingerprint density at radius 1 is 1.06 bits per heavy atom. The molecule has 3 aromatic rings. The number of pyridine rings is 1. The molecule has 3 aliphatic rings. The van der Waals surface area contributed by atoms with Crippen LogP contribution in [0.2, 0.25) is 0 Å². The van der Waals surface area contributed by atoms with Crippen molar-refractivity contribution in [2.45, 2.75) is 57.1 Å². The highest BCUT2D eigenvalue weighted by atomic mass is 16.5. The van der Waals surface area contributed by atoms with E-state index in [0.29, 0.717) is 30.6 Å². The molecule has 180 valence electrons. The van der Waals surface area contributed by atoms with Crippen molar-refractivity contribution in [2.75, 3.05) is 13.2 Å². The first-order valence-corrected chi connectivity index (χ1v) is 12.6. The summed E-state index contributed by atoms with van der Waals surface area (Å²) in [6, 6.07) is 10.8. The van der Waals surface area contributed by atoms with Gasteiger partial charge in [0, 0.05) is 54.0 Å². The number of H-pyrrole nitrogens is 1. The number of fused-ring (bicyclic) bond motifs is 1. The number of benzene rings is 1. The molecule has 2 aliphatic heterocycles. The number of rotatable bonds is 5. The highest BCUT2D eigenvalue weighted by Crippen LogP contribution is 2.33. The lowest BCUT2D eigenvalue weighted by atomic mass is 9.95. The average Bonchev–Trinajstić information content (AvgIpc) is 3.58. The van der Waals surface area contributed by atoms with Gasteiger partial charge in [-0.25, -0.2) is 4.98 Å². The second-order valence-electron chi connectivity index (χ2n) is 9.55. The van der Waals surface area contributed by atoms with Crippen molar-refractivity contribution in [1.29, 1.82) is 5.26 Å². The molecule has 35 heavy (non-hydrogen) atoms. The van der Waals surface area contributed by atoms with Gasteiger partial charge in [0.1, 0.15) is 23.6 Å². The van der Waals surface area contributed by atoms with Gasteiger partial charge in [-0.3, -0.25) is 5.01 Å². The van der Waals surface area contributed by atoms with E-state index in [0.717, 1.165) is 46.3 Å². The molecule has 0 spiro atoms. The second-order valence-corrected chi connectivity index (χ2v) is 9.55. The van der Waals surface area contributed by atoms with Crippen LogP contribution < -0.4 is 15.7 Å². The highest BCUT2D eigenvalue weighted by molar-refractivity contribution is 5.95. The Morgan fingerprint density at radius 3 is 2.74 bits per heavy atom. The van der Waals surface area contributed by atoms with Crippen LogP contribution in [0.25, 0.3) is 27.9 Å². The van der Waals surface area contributed by atoms with Crippen LogP contribution in [0.3, 0.4) is 0 Å². The first-order chi connectivity index (χ1) is 17.3. The molecule has 4 heterocycles. The van der Waals surface area contributed by atoms with Gasteiger partial charge < -0.3 is 19.9 Å². The molecular formula is C27H30N6O2. The van der Waals surface area contributed by atoms with Crippen LogP contribution in [0, 0.1) is 11.3 Å². The average molecular weight is 471 g/mol. The fourth-order valence-electron chi connectivity index (χ4n) is 5.28. The molecule has 0 bridgehead atoms. The Morgan fingerprint density at radius 2 is 1.91 bits per heavy atom. The molecule has 8 nitrogen and oxygen atoms in total. The van der Waals surface area contributed by atoms with Gasteiger partial charge in [-0.15, -0.1) is 5.53 Å². The van der Waals surface area contributed by atoms with Gasteiger partial charge in [0.25, 0.3) is 0 Å². The van der Waals surface area contributed by atoms with E-state index in [1.807, 2.05) is 30.6 Å². The summed E-state index contributed by atoms with van der Waals surface area (Å²) in [7, 11) is 0. The maximum atomic E-state index is 9.80. The van der Waals surface area contributed by atoms with Crippen LogP contribution in [0.5, 0.6) is 5.75 Å². The molecule has 0 atom stereocenters. The molecule has 1 saturated carbocycles. The number of ether oxygens (including phenoxy) is 2. The maximum absolute atomic E-state index is 9.80. The van der Waals surface area contributed by atoms with Crippen molar-refractivity contribution in [3.63, 3.8) is 0 Å². The van der Waals surface area contributed by atoms with E-state index in [9.17, 15) is 5.26 Å². The van der Waals surface area contributed by atoms with Crippen molar-refractivity contribution in [2.24, 2.45) is 0 Å². The molecule has 2 aromatic heterocycles. The van der Waals surface area contributed by atoms with Gasteiger partial charge in [-0.2, -0.15) is 5.26 Å². The largest absolute Gasteiger partial charge is 0.489 e. The molecule has 3 N–H and O–H groups in total. The minimum absolute atomic E-state index is 0.0931. The van der Waals surface area contributed by atoms with Gasteiger partial charge >= 0.3 is 0 Å². The van der Waals surface area contributed by atoms with Crippen LogP contribution in [0.4, 0.5) is 0 Å². The predicted octanol–water partition coefficient (Wildman–Crippen LogP) is 4.62. The third kappa shape index (κ3) is 4.45. The molecule has 1 aromatic carbocycles. The van der Waals surface area contributed by atoms with E-state index >= 15 is 0 Å². The van der Waals surface area contributed by atoms with Gasteiger partial charge in [-0.05, 0) is 36.6 Å². The molecule has 6 rings (SSSR count). The summed E-state index contributed by atoms with van der Waals surface area (Å²) >= 11 is 0. The summed E-state index contributed by atoms with van der Waals surface area (Å²) in [4.78, 5) is 7.94. The maximum Gasteiger partial charge on any atom is 0.137 e. The third-order valence-corrected chi connectivity index (χ3v) is 7.27. The molecule has 1 saturated heterocycles. The third-order valence-electron chi connectivity index (χ3n) is 7.27. The number of aromatic amines is 1. The Kier molecular flexibility index (Phi) is 6.03. The minimum atomic E-state index is 0.0931. The van der Waals surface area contributed by atoms with Gasteiger partial charge in [0.15, 0.2) is 0 Å². The zero-order valence-corrected chi connectivity index (χ0v) is 19.7. The van der Waals surface area contributed by atoms with E-state index in [4.69, 9.17) is 9.47 Å². The first kappa shape index (κ1) is 22.0. The Balaban J connectivity index is 1.27. The van der Waals surface area contributed by atoms with E-state index in [1.54, 1.807) is 0 Å². The van der Waals surface area contributed by atoms with Crippen LogP contribution in [0.1, 0.15) is 56.1 Å². The standard InChI is InChI=1S/C27H30N6O2/c28-14-19-12-18(6-7-26(19)35-22-8-10-34-11-9-22)24-16-30-27-23(24)13-20(15-29-27)25-17-33(32-31-25)21-4-2-1-3-5-21/h6-7,12-13,15-17,21-22,31-32H,1-5,8-11H2,(H,29,30). The lowest BCUT2D eigenvalue weighted by molar-refractivity contribution is 0.0254. The molecule has 8 heteroatoms. The van der Waals surface area contributed by atoms with E-state index in [1.165, 1.54) is 32.1 Å². The topological polar surface area (TPSA) is 98.2 Å². The zero-order valence-electron chi connectivity index (χ0n) is 19.7. The SMILES string of the molecule is N#Cc1cc(-c2c[nH]c3ncc(C4=CN(C5CCCCC5)NN4)cc23)ccc1OC1CCOCC1. The number of nitrogens with zero attached hydrogens (tertiary/aromatic N) is 3. The lowest BCUT2D eigenvalue weighted by Gasteiger charge is -2.29. The predicted molar refractivity (Wildman–Crippen MR) is 134 cm³/mol. The fourth-order valence-corrected chi connectivity index (χ4v) is 5.28. The van der Waals surface area contributed by atoms with Crippen LogP contribution in [0.15, 0.2) is 42.9 Å². The van der Waals surface area contributed by atoms with Crippen LogP contribution >= 0.6 is 0 Å². The number of hydrogen-bond acceptors (Lipinski definition) is 7. The van der Waals surface area contributed by atoms with Crippen molar-refractivity contribution < 1.29 is 9.47 Å². The summed E-state index contributed by atoms with van der Waals surface area (Å²) in [5, 5.41) is 13.0. The number of hydrazine groups is 2. The van der Waals surface area contributed by atoms with Crippen molar-refractivity contribution in [3.8, 4) is 22.9 Å². The van der Waals surface area contributed by atoms with Gasteiger partial charge in [0.2, 0.25) is 0 Å². The van der Waals surface area contributed by atoms with E-state index < -0.39 is 0 Å². The lowest BCUT2D eigenvalue weighted by Crippen LogP contribution is -2.43. The fraction of sp³-hybridized carbons (Fsp3) is 0.407. The van der Waals surface area contributed by atoms with E-state index in [-0.39, 0.29) is 6.10 Å². The molecular weight excluding hydrogens is 440 g/mol. The van der Waals surface area contributed by atoms with Gasteiger partial charge in [0.05, 0.1) is 24.5 Å². The quantitative estimate of drug-likeness (QED) is 0.501. The summed E-state index contributed by atoms with van der Waals surface area (Å²) in [5.41, 5.74) is 12.0. The minimum Gasteiger partial charge on any atom is -0.489 e. The summed E-state index contributed by atoms with van der Waals surface area (Å²) in [5.74, 6) is 0.635. The molecule has 0 unspecified atom stereocenters. The second kappa shape index (κ2) is 9.61. The monoisotopic (exact) mass is 470 g/mol. The molecule has 0 amide bonds.